The van der Waals surface area contributed by atoms with Crippen molar-refractivity contribution in [2.24, 2.45) is 4.99 Å². The van der Waals surface area contributed by atoms with E-state index in [0.29, 0.717) is 6.54 Å². The number of hydrogen-bond acceptors (Lipinski definition) is 5. The van der Waals surface area contributed by atoms with Gasteiger partial charge in [0.1, 0.15) is 0 Å². The third-order valence-electron chi connectivity index (χ3n) is 5.89. The highest BCUT2D eigenvalue weighted by molar-refractivity contribution is 14.0. The van der Waals surface area contributed by atoms with Crippen molar-refractivity contribution in [2.75, 3.05) is 26.8 Å². The maximum Gasteiger partial charge on any atom is 0.191 e. The minimum Gasteiger partial charge on any atom is -0.381 e. The standard InChI is InChI=1S/C23H31N7O.HI/c1-18(19-8-4-3-5-9-19)27-23(11-14-31-15-12-23)17-26-22(24-2)25-16-21-29-28-20-10-6-7-13-30(20)21;/h3-10,13,18,27H,11-12,14-17H2,1-2H3,(H2,24,25,26);1H. The average Bonchev–Trinajstić information content (AvgIpc) is 3.23. The number of pyridine rings is 1. The van der Waals surface area contributed by atoms with E-state index < -0.39 is 0 Å². The van der Waals surface area contributed by atoms with Gasteiger partial charge in [0, 0.05) is 44.6 Å². The molecule has 3 heterocycles. The van der Waals surface area contributed by atoms with Crippen molar-refractivity contribution in [3.63, 3.8) is 0 Å². The van der Waals surface area contributed by atoms with Gasteiger partial charge in [0.15, 0.2) is 17.4 Å². The van der Waals surface area contributed by atoms with Crippen LogP contribution in [0.25, 0.3) is 5.65 Å². The van der Waals surface area contributed by atoms with Crippen molar-refractivity contribution < 1.29 is 4.74 Å². The second-order valence-electron chi connectivity index (χ2n) is 7.99. The smallest absolute Gasteiger partial charge is 0.191 e. The Morgan fingerprint density at radius 3 is 2.59 bits per heavy atom. The Morgan fingerprint density at radius 2 is 1.84 bits per heavy atom. The minimum atomic E-state index is -0.0628. The van der Waals surface area contributed by atoms with Crippen LogP contribution in [-0.4, -0.2) is 52.9 Å². The summed E-state index contributed by atoms with van der Waals surface area (Å²) in [4.78, 5) is 4.40. The number of nitrogens with zero attached hydrogens (tertiary/aromatic N) is 4. The molecular formula is C23H32IN7O. The first-order chi connectivity index (χ1) is 15.2. The third-order valence-corrected chi connectivity index (χ3v) is 5.89. The van der Waals surface area contributed by atoms with E-state index in [9.17, 15) is 0 Å². The zero-order valence-electron chi connectivity index (χ0n) is 18.6. The predicted molar refractivity (Wildman–Crippen MR) is 137 cm³/mol. The molecule has 1 aliphatic heterocycles. The Labute approximate surface area is 206 Å². The van der Waals surface area contributed by atoms with Crippen molar-refractivity contribution in [3.05, 3.63) is 66.1 Å². The summed E-state index contributed by atoms with van der Waals surface area (Å²) in [7, 11) is 1.79. The van der Waals surface area contributed by atoms with Gasteiger partial charge in [0.2, 0.25) is 0 Å². The Bertz CT molecular complexity index is 1000. The molecule has 9 heteroatoms. The first-order valence-electron chi connectivity index (χ1n) is 10.8. The predicted octanol–water partition coefficient (Wildman–Crippen LogP) is 2.91. The molecule has 1 aliphatic rings. The van der Waals surface area contributed by atoms with Crippen LogP contribution in [0.1, 0.15) is 37.2 Å². The van der Waals surface area contributed by atoms with Crippen LogP contribution < -0.4 is 16.0 Å². The lowest BCUT2D eigenvalue weighted by molar-refractivity contribution is 0.0355. The number of aromatic nitrogens is 3. The summed E-state index contributed by atoms with van der Waals surface area (Å²) in [5.74, 6) is 1.59. The van der Waals surface area contributed by atoms with Crippen molar-refractivity contribution in [2.45, 2.75) is 37.9 Å². The van der Waals surface area contributed by atoms with E-state index in [2.05, 4.69) is 68.4 Å². The van der Waals surface area contributed by atoms with Crippen LogP contribution in [0.2, 0.25) is 0 Å². The highest BCUT2D eigenvalue weighted by Crippen LogP contribution is 2.25. The zero-order chi connectivity index (χ0) is 21.5. The average molecular weight is 549 g/mol. The van der Waals surface area contributed by atoms with Gasteiger partial charge < -0.3 is 20.7 Å². The fourth-order valence-corrected chi connectivity index (χ4v) is 4.07. The maximum absolute atomic E-state index is 5.65. The van der Waals surface area contributed by atoms with Gasteiger partial charge in [-0.2, -0.15) is 0 Å². The highest BCUT2D eigenvalue weighted by Gasteiger charge is 2.34. The van der Waals surface area contributed by atoms with Gasteiger partial charge in [0.25, 0.3) is 0 Å². The molecule has 0 radical (unpaired) electrons. The molecule has 2 aromatic heterocycles. The van der Waals surface area contributed by atoms with Gasteiger partial charge in [-0.15, -0.1) is 34.2 Å². The highest BCUT2D eigenvalue weighted by atomic mass is 127. The molecule has 8 nitrogen and oxygen atoms in total. The molecule has 1 saturated heterocycles. The number of halogens is 1. The van der Waals surface area contributed by atoms with Crippen molar-refractivity contribution in [3.8, 4) is 0 Å². The Kier molecular flexibility index (Phi) is 8.83. The molecule has 1 fully saturated rings. The monoisotopic (exact) mass is 549 g/mol. The summed E-state index contributed by atoms with van der Waals surface area (Å²) in [6, 6.07) is 16.7. The first kappa shape index (κ1) is 24.4. The molecule has 0 amide bonds. The molecule has 1 unspecified atom stereocenters. The fraction of sp³-hybridized carbons (Fsp3) is 0.435. The van der Waals surface area contributed by atoms with Crippen LogP contribution in [-0.2, 0) is 11.3 Å². The molecule has 3 N–H and O–H groups in total. The lowest BCUT2D eigenvalue weighted by Gasteiger charge is -2.41. The normalized spacial score (nSPS) is 16.9. The van der Waals surface area contributed by atoms with Gasteiger partial charge in [-0.05, 0) is 37.5 Å². The van der Waals surface area contributed by atoms with Crippen LogP contribution in [0.4, 0.5) is 0 Å². The molecule has 32 heavy (non-hydrogen) atoms. The lowest BCUT2D eigenvalue weighted by atomic mass is 9.88. The van der Waals surface area contributed by atoms with Crippen LogP contribution in [0.5, 0.6) is 0 Å². The van der Waals surface area contributed by atoms with E-state index in [1.54, 1.807) is 7.05 Å². The molecule has 0 saturated carbocycles. The molecule has 3 aromatic rings. The second-order valence-corrected chi connectivity index (χ2v) is 7.99. The lowest BCUT2D eigenvalue weighted by Crippen LogP contribution is -2.58. The van der Waals surface area contributed by atoms with E-state index in [1.807, 2.05) is 28.8 Å². The number of ether oxygens (including phenoxy) is 1. The molecular weight excluding hydrogens is 517 g/mol. The molecule has 0 spiro atoms. The van der Waals surface area contributed by atoms with Crippen LogP contribution >= 0.6 is 24.0 Å². The van der Waals surface area contributed by atoms with E-state index in [0.717, 1.165) is 50.0 Å². The van der Waals surface area contributed by atoms with Gasteiger partial charge in [0.05, 0.1) is 6.54 Å². The van der Waals surface area contributed by atoms with Crippen LogP contribution in [0, 0.1) is 0 Å². The fourth-order valence-electron chi connectivity index (χ4n) is 4.07. The van der Waals surface area contributed by atoms with E-state index >= 15 is 0 Å². The first-order valence-corrected chi connectivity index (χ1v) is 10.8. The molecule has 1 aromatic carbocycles. The second kappa shape index (κ2) is 11.6. The number of guanidine groups is 1. The third kappa shape index (κ3) is 5.96. The van der Waals surface area contributed by atoms with Gasteiger partial charge in [-0.1, -0.05) is 36.4 Å². The zero-order valence-corrected chi connectivity index (χ0v) is 21.0. The summed E-state index contributed by atoms with van der Waals surface area (Å²) in [5.41, 5.74) is 2.06. The number of benzene rings is 1. The van der Waals surface area contributed by atoms with Crippen molar-refractivity contribution >= 4 is 35.6 Å². The van der Waals surface area contributed by atoms with Crippen molar-refractivity contribution in [1.82, 2.24) is 30.5 Å². The summed E-state index contributed by atoms with van der Waals surface area (Å²) < 4.78 is 7.63. The van der Waals surface area contributed by atoms with Crippen LogP contribution in [0.15, 0.2) is 59.7 Å². The maximum atomic E-state index is 5.65. The Morgan fingerprint density at radius 1 is 1.09 bits per heavy atom. The quantitative estimate of drug-likeness (QED) is 0.239. The van der Waals surface area contributed by atoms with E-state index in [-0.39, 0.29) is 35.6 Å². The summed E-state index contributed by atoms with van der Waals surface area (Å²) in [6.45, 7) is 5.03. The Hall–Kier alpha value is -2.24. The minimum absolute atomic E-state index is 0. The van der Waals surface area contributed by atoms with Crippen molar-refractivity contribution in [1.29, 1.82) is 0 Å². The number of fused-ring (bicyclic) bond motifs is 1. The number of hydrogen-bond donors (Lipinski definition) is 3. The SMILES string of the molecule is CN=C(NCc1nnc2ccccn12)NCC1(NC(C)c2ccccc2)CCOCC1.I. The van der Waals surface area contributed by atoms with Crippen LogP contribution in [0.3, 0.4) is 0 Å². The molecule has 172 valence electrons. The molecule has 4 rings (SSSR count). The van der Waals surface area contributed by atoms with Gasteiger partial charge >= 0.3 is 0 Å². The largest absolute Gasteiger partial charge is 0.381 e. The Balaban J connectivity index is 0.00000289. The molecule has 0 aliphatic carbocycles. The number of aliphatic imine (C=N–C) groups is 1. The van der Waals surface area contributed by atoms with Gasteiger partial charge in [-0.25, -0.2) is 0 Å². The topological polar surface area (TPSA) is 87.9 Å². The number of nitrogens with one attached hydrogen (secondary N) is 3. The van der Waals surface area contributed by atoms with E-state index in [4.69, 9.17) is 4.74 Å². The molecule has 0 bridgehead atoms. The van der Waals surface area contributed by atoms with Gasteiger partial charge in [-0.3, -0.25) is 9.39 Å². The summed E-state index contributed by atoms with van der Waals surface area (Å²) >= 11 is 0. The summed E-state index contributed by atoms with van der Waals surface area (Å²) in [6.07, 6.45) is 3.86. The summed E-state index contributed by atoms with van der Waals surface area (Å²) in [5, 5.41) is 19.2. The number of rotatable bonds is 7. The molecule has 1 atom stereocenters. The van der Waals surface area contributed by atoms with E-state index in [1.165, 1.54) is 5.56 Å².